The molecular weight excluding hydrogens is 286 g/mol. The Morgan fingerprint density at radius 2 is 2.05 bits per heavy atom. The molecule has 0 aliphatic rings. The lowest BCUT2D eigenvalue weighted by Gasteiger charge is -2.07. The summed E-state index contributed by atoms with van der Waals surface area (Å²) in [5.74, 6) is 0.579. The monoisotopic (exact) mass is 299 g/mol. The first-order valence-corrected chi connectivity index (χ1v) is 7.31. The van der Waals surface area contributed by atoms with Gasteiger partial charge in [0.1, 0.15) is 5.82 Å². The van der Waals surface area contributed by atoms with Gasteiger partial charge in [-0.15, -0.1) is 5.10 Å². The Morgan fingerprint density at radius 1 is 1.14 bits per heavy atom. The molecule has 0 fully saturated rings. The molecule has 0 spiro atoms. The van der Waals surface area contributed by atoms with Crippen LogP contribution in [0.1, 0.15) is 10.5 Å². The number of hydrogen-bond acceptors (Lipinski definition) is 6. The molecule has 0 unspecified atom stereocenters. The molecule has 21 heavy (non-hydrogen) atoms. The molecule has 0 saturated carbocycles. The molecular formula is C14H13N5OS. The van der Waals surface area contributed by atoms with E-state index in [0.29, 0.717) is 18.8 Å². The maximum atomic E-state index is 11.6. The van der Waals surface area contributed by atoms with Gasteiger partial charge in [0.05, 0.1) is 5.52 Å². The summed E-state index contributed by atoms with van der Waals surface area (Å²) in [5.41, 5.74) is 1.30. The average Bonchev–Trinajstić information content (AvgIpc) is 3.06. The van der Waals surface area contributed by atoms with Crippen LogP contribution in [0.2, 0.25) is 0 Å². The Kier molecular flexibility index (Phi) is 4.02. The van der Waals surface area contributed by atoms with Gasteiger partial charge in [0.15, 0.2) is 5.69 Å². The number of nitrogens with zero attached hydrogens (tertiary/aromatic N) is 3. The van der Waals surface area contributed by atoms with Crippen LogP contribution < -0.4 is 10.6 Å². The summed E-state index contributed by atoms with van der Waals surface area (Å²) in [4.78, 5) is 16.1. The number of carbonyl (C=O) groups is 1. The fourth-order valence-corrected chi connectivity index (χ4v) is 2.32. The maximum Gasteiger partial charge on any atom is 0.272 e. The zero-order chi connectivity index (χ0) is 14.5. The second-order valence-corrected chi connectivity index (χ2v) is 4.97. The zero-order valence-electron chi connectivity index (χ0n) is 11.1. The van der Waals surface area contributed by atoms with Crippen molar-refractivity contribution >= 4 is 34.2 Å². The number of nitrogens with one attached hydrogen (secondary N) is 2. The Labute approximate surface area is 125 Å². The fourth-order valence-electron chi connectivity index (χ4n) is 1.89. The molecule has 0 saturated heterocycles. The van der Waals surface area contributed by atoms with Crippen LogP contribution in [0, 0.1) is 0 Å². The van der Waals surface area contributed by atoms with Crippen molar-refractivity contribution < 1.29 is 4.79 Å². The van der Waals surface area contributed by atoms with E-state index in [4.69, 9.17) is 0 Å². The molecule has 2 N–H and O–H groups in total. The van der Waals surface area contributed by atoms with Gasteiger partial charge in [0.25, 0.3) is 5.91 Å². The van der Waals surface area contributed by atoms with Crippen molar-refractivity contribution in [1.29, 1.82) is 0 Å². The van der Waals surface area contributed by atoms with E-state index in [1.165, 1.54) is 0 Å². The van der Waals surface area contributed by atoms with Gasteiger partial charge in [0, 0.05) is 23.9 Å². The van der Waals surface area contributed by atoms with E-state index >= 15 is 0 Å². The molecule has 0 bridgehead atoms. The Bertz CT molecular complexity index is 744. The maximum absolute atomic E-state index is 11.6. The van der Waals surface area contributed by atoms with Crippen molar-refractivity contribution in [3.05, 3.63) is 47.5 Å². The first kappa shape index (κ1) is 13.4. The summed E-state index contributed by atoms with van der Waals surface area (Å²) in [7, 11) is 0. The highest BCUT2D eigenvalue weighted by Gasteiger charge is 2.07. The summed E-state index contributed by atoms with van der Waals surface area (Å²) < 4.78 is 3.65. The van der Waals surface area contributed by atoms with Gasteiger partial charge >= 0.3 is 0 Å². The molecule has 0 atom stereocenters. The predicted molar refractivity (Wildman–Crippen MR) is 82.5 cm³/mol. The number of aromatic nitrogens is 3. The third kappa shape index (κ3) is 3.32. The van der Waals surface area contributed by atoms with Crippen LogP contribution in [0.4, 0.5) is 5.82 Å². The van der Waals surface area contributed by atoms with Crippen LogP contribution in [0.25, 0.3) is 10.9 Å². The highest BCUT2D eigenvalue weighted by atomic mass is 32.1. The first-order valence-electron chi connectivity index (χ1n) is 6.48. The number of pyridine rings is 1. The van der Waals surface area contributed by atoms with Gasteiger partial charge in [-0.3, -0.25) is 4.79 Å². The van der Waals surface area contributed by atoms with Gasteiger partial charge in [-0.25, -0.2) is 4.98 Å². The lowest BCUT2D eigenvalue weighted by molar-refractivity contribution is 0.0950. The van der Waals surface area contributed by atoms with Gasteiger partial charge in [0.2, 0.25) is 0 Å². The summed E-state index contributed by atoms with van der Waals surface area (Å²) in [5, 5.41) is 12.4. The van der Waals surface area contributed by atoms with Crippen LogP contribution >= 0.6 is 11.5 Å². The summed E-state index contributed by atoms with van der Waals surface area (Å²) in [6, 6.07) is 11.9. The Hall–Kier alpha value is -2.54. The number of hydrogen-bond donors (Lipinski definition) is 2. The number of amides is 1. The van der Waals surface area contributed by atoms with Crippen molar-refractivity contribution in [3.8, 4) is 0 Å². The molecule has 3 rings (SSSR count). The largest absolute Gasteiger partial charge is 0.368 e. The SMILES string of the molecule is O=C(NCCNc1ccc2ccccc2n1)c1csnn1. The standard InChI is InChI=1S/C14H13N5OS/c20-14(12-9-21-19-18-12)16-8-7-15-13-6-5-10-3-1-2-4-11(10)17-13/h1-6,9H,7-8H2,(H,15,17)(H,16,20). The lowest BCUT2D eigenvalue weighted by atomic mass is 10.2. The Balaban J connectivity index is 1.51. The van der Waals surface area contributed by atoms with Crippen LogP contribution in [-0.2, 0) is 0 Å². The average molecular weight is 299 g/mol. The highest BCUT2D eigenvalue weighted by molar-refractivity contribution is 7.03. The molecule has 0 aliphatic carbocycles. The van der Waals surface area contributed by atoms with Crippen LogP contribution in [0.15, 0.2) is 41.8 Å². The van der Waals surface area contributed by atoms with Crippen molar-refractivity contribution in [3.63, 3.8) is 0 Å². The number of fused-ring (bicyclic) bond motifs is 1. The van der Waals surface area contributed by atoms with E-state index < -0.39 is 0 Å². The molecule has 0 radical (unpaired) electrons. The smallest absolute Gasteiger partial charge is 0.272 e. The predicted octanol–water partition coefficient (Wildman–Crippen LogP) is 1.93. The van der Waals surface area contributed by atoms with E-state index in [2.05, 4.69) is 25.2 Å². The van der Waals surface area contributed by atoms with E-state index in [1.807, 2.05) is 36.4 Å². The van der Waals surface area contributed by atoms with E-state index in [9.17, 15) is 4.79 Å². The first-order chi connectivity index (χ1) is 10.3. The molecule has 7 heteroatoms. The molecule has 1 amide bonds. The van der Waals surface area contributed by atoms with E-state index in [1.54, 1.807) is 5.38 Å². The number of para-hydroxylation sites is 1. The molecule has 2 heterocycles. The molecule has 3 aromatic rings. The van der Waals surface area contributed by atoms with Crippen LogP contribution in [0.3, 0.4) is 0 Å². The fraction of sp³-hybridized carbons (Fsp3) is 0.143. The quantitative estimate of drug-likeness (QED) is 0.704. The summed E-state index contributed by atoms with van der Waals surface area (Å²) in [6.07, 6.45) is 0. The van der Waals surface area contributed by atoms with Crippen LogP contribution in [0.5, 0.6) is 0 Å². The third-order valence-electron chi connectivity index (χ3n) is 2.91. The highest BCUT2D eigenvalue weighted by Crippen LogP contribution is 2.14. The Morgan fingerprint density at radius 3 is 2.90 bits per heavy atom. The van der Waals surface area contributed by atoms with Gasteiger partial charge < -0.3 is 10.6 Å². The molecule has 1 aromatic carbocycles. The topological polar surface area (TPSA) is 79.8 Å². The second-order valence-electron chi connectivity index (χ2n) is 4.36. The van der Waals surface area contributed by atoms with E-state index in [0.717, 1.165) is 28.3 Å². The van der Waals surface area contributed by atoms with Crippen molar-refractivity contribution in [2.75, 3.05) is 18.4 Å². The zero-order valence-corrected chi connectivity index (χ0v) is 11.9. The van der Waals surface area contributed by atoms with Gasteiger partial charge in [-0.1, -0.05) is 22.7 Å². The van der Waals surface area contributed by atoms with Gasteiger partial charge in [-0.05, 0) is 29.7 Å². The summed E-state index contributed by atoms with van der Waals surface area (Å²) >= 11 is 1.16. The summed E-state index contributed by atoms with van der Waals surface area (Å²) in [6.45, 7) is 1.08. The molecule has 0 aliphatic heterocycles. The second kappa shape index (κ2) is 6.27. The van der Waals surface area contributed by atoms with E-state index in [-0.39, 0.29) is 5.91 Å². The number of anilines is 1. The van der Waals surface area contributed by atoms with Crippen molar-refractivity contribution in [2.45, 2.75) is 0 Å². The third-order valence-corrected chi connectivity index (χ3v) is 3.41. The van der Waals surface area contributed by atoms with Crippen LogP contribution in [-0.4, -0.2) is 33.6 Å². The minimum Gasteiger partial charge on any atom is -0.368 e. The lowest BCUT2D eigenvalue weighted by Crippen LogP contribution is -2.29. The normalized spacial score (nSPS) is 10.5. The van der Waals surface area contributed by atoms with Crippen molar-refractivity contribution in [2.24, 2.45) is 0 Å². The molecule has 2 aromatic heterocycles. The molecule has 6 nitrogen and oxygen atoms in total. The minimum atomic E-state index is -0.211. The van der Waals surface area contributed by atoms with Gasteiger partial charge in [-0.2, -0.15) is 0 Å². The van der Waals surface area contributed by atoms with Crippen molar-refractivity contribution in [1.82, 2.24) is 19.9 Å². The number of rotatable bonds is 5. The number of carbonyl (C=O) groups excluding carboxylic acids is 1. The number of benzene rings is 1. The minimum absolute atomic E-state index is 0.211. The molecule has 106 valence electrons.